The zero-order chi connectivity index (χ0) is 13.9. The van der Waals surface area contributed by atoms with Gasteiger partial charge in [0.15, 0.2) is 0 Å². The molecule has 1 unspecified atom stereocenters. The maximum Gasteiger partial charge on any atom is 0.0825 e. The van der Waals surface area contributed by atoms with Crippen LogP contribution in [0.3, 0.4) is 0 Å². The lowest BCUT2D eigenvalue weighted by Gasteiger charge is -2.28. The summed E-state index contributed by atoms with van der Waals surface area (Å²) in [5, 5.41) is 15.1. The van der Waals surface area contributed by atoms with Gasteiger partial charge in [-0.25, -0.2) is 0 Å². The highest BCUT2D eigenvalue weighted by atomic mass is 16.3. The lowest BCUT2D eigenvalue weighted by molar-refractivity contribution is 0.137. The highest BCUT2D eigenvalue weighted by molar-refractivity contribution is 5.84. The Hall–Kier alpha value is -1.36. The fourth-order valence-electron chi connectivity index (χ4n) is 3.11. The van der Waals surface area contributed by atoms with Crippen molar-refractivity contribution in [1.82, 2.24) is 15.2 Å². The van der Waals surface area contributed by atoms with Crippen LogP contribution in [0, 0.1) is 6.92 Å². The third-order valence-electron chi connectivity index (χ3n) is 4.21. The van der Waals surface area contributed by atoms with Gasteiger partial charge in [-0.3, -0.25) is 0 Å². The molecule has 1 atom stereocenters. The fraction of sp³-hybridized carbons (Fsp3) is 0.500. The number of aliphatic hydroxyl groups excluding tert-OH is 1. The van der Waals surface area contributed by atoms with Gasteiger partial charge >= 0.3 is 0 Å². The van der Waals surface area contributed by atoms with Crippen molar-refractivity contribution in [3.8, 4) is 0 Å². The van der Waals surface area contributed by atoms with E-state index in [1.54, 1.807) is 0 Å². The molecule has 1 saturated heterocycles. The zero-order valence-corrected chi connectivity index (χ0v) is 12.0. The van der Waals surface area contributed by atoms with E-state index in [4.69, 9.17) is 0 Å². The van der Waals surface area contributed by atoms with Crippen molar-refractivity contribution >= 4 is 10.9 Å². The van der Waals surface area contributed by atoms with Crippen LogP contribution in [0.15, 0.2) is 24.3 Å². The molecule has 1 aromatic carbocycles. The molecule has 108 valence electrons. The number of benzene rings is 1. The van der Waals surface area contributed by atoms with E-state index in [0.717, 1.165) is 61.3 Å². The molecule has 3 rings (SSSR count). The molecule has 1 aliphatic rings. The molecule has 0 amide bonds. The highest BCUT2D eigenvalue weighted by Gasteiger charge is 2.18. The summed E-state index contributed by atoms with van der Waals surface area (Å²) < 4.78 is 0. The van der Waals surface area contributed by atoms with Crippen LogP contribution < -0.4 is 5.32 Å². The van der Waals surface area contributed by atoms with E-state index in [1.807, 2.05) is 19.1 Å². The van der Waals surface area contributed by atoms with Crippen LogP contribution >= 0.6 is 0 Å². The lowest BCUT2D eigenvalue weighted by atomic mass is 10.0. The van der Waals surface area contributed by atoms with Gasteiger partial charge in [-0.05, 0) is 19.4 Å². The van der Waals surface area contributed by atoms with Crippen LogP contribution in [0.5, 0.6) is 0 Å². The molecule has 0 spiro atoms. The summed E-state index contributed by atoms with van der Waals surface area (Å²) in [6, 6.07) is 8.20. The number of hydrogen-bond donors (Lipinski definition) is 3. The number of hydrogen-bond acceptors (Lipinski definition) is 3. The summed E-state index contributed by atoms with van der Waals surface area (Å²) in [5.41, 5.74) is 3.26. The van der Waals surface area contributed by atoms with Gasteiger partial charge < -0.3 is 20.3 Å². The molecule has 0 radical (unpaired) electrons. The van der Waals surface area contributed by atoms with Gasteiger partial charge in [0.25, 0.3) is 0 Å². The number of nitrogens with one attached hydrogen (secondary N) is 2. The van der Waals surface area contributed by atoms with E-state index >= 15 is 0 Å². The SMILES string of the molecule is Cc1[nH]c2ccccc2c1C(O)CCN1CCNCC1. The smallest absolute Gasteiger partial charge is 0.0825 e. The number of fused-ring (bicyclic) bond motifs is 1. The first-order chi connectivity index (χ1) is 9.75. The average Bonchev–Trinajstić information content (AvgIpc) is 2.82. The van der Waals surface area contributed by atoms with Crippen LogP contribution in [0.25, 0.3) is 10.9 Å². The lowest BCUT2D eigenvalue weighted by Crippen LogP contribution is -2.44. The van der Waals surface area contributed by atoms with Gasteiger partial charge in [-0.2, -0.15) is 0 Å². The first-order valence-electron chi connectivity index (χ1n) is 7.44. The van der Waals surface area contributed by atoms with Crippen molar-refractivity contribution in [2.24, 2.45) is 0 Å². The second-order valence-corrected chi connectivity index (χ2v) is 5.61. The van der Waals surface area contributed by atoms with Crippen molar-refractivity contribution in [3.05, 3.63) is 35.5 Å². The monoisotopic (exact) mass is 273 g/mol. The second kappa shape index (κ2) is 5.95. The molecule has 2 aromatic rings. The topological polar surface area (TPSA) is 51.3 Å². The minimum Gasteiger partial charge on any atom is -0.388 e. The summed E-state index contributed by atoms with van der Waals surface area (Å²) in [6.45, 7) is 7.29. The number of piperazine rings is 1. The Morgan fingerprint density at radius 1 is 1.25 bits per heavy atom. The van der Waals surface area contributed by atoms with Gasteiger partial charge in [-0.1, -0.05) is 18.2 Å². The Bertz CT molecular complexity index is 572. The van der Waals surface area contributed by atoms with Crippen LogP contribution in [-0.4, -0.2) is 47.7 Å². The summed E-state index contributed by atoms with van der Waals surface area (Å²) in [7, 11) is 0. The van der Waals surface area contributed by atoms with E-state index in [9.17, 15) is 5.11 Å². The fourth-order valence-corrected chi connectivity index (χ4v) is 3.11. The van der Waals surface area contributed by atoms with E-state index in [-0.39, 0.29) is 6.10 Å². The van der Waals surface area contributed by atoms with Crippen LogP contribution in [0.1, 0.15) is 23.8 Å². The molecule has 2 heterocycles. The van der Waals surface area contributed by atoms with Crippen LogP contribution in [0.2, 0.25) is 0 Å². The summed E-state index contributed by atoms with van der Waals surface area (Å²) in [6.07, 6.45) is 0.406. The van der Waals surface area contributed by atoms with E-state index < -0.39 is 0 Å². The van der Waals surface area contributed by atoms with Gasteiger partial charge in [0.2, 0.25) is 0 Å². The molecule has 20 heavy (non-hydrogen) atoms. The van der Waals surface area contributed by atoms with E-state index in [0.29, 0.717) is 0 Å². The van der Waals surface area contributed by atoms with Crippen LogP contribution in [-0.2, 0) is 0 Å². The molecule has 3 N–H and O–H groups in total. The predicted molar refractivity (Wildman–Crippen MR) is 81.9 cm³/mol. The van der Waals surface area contributed by atoms with Gasteiger partial charge in [0.05, 0.1) is 6.10 Å². The number of H-pyrrole nitrogens is 1. The number of aliphatic hydroxyl groups is 1. The Morgan fingerprint density at radius 3 is 2.80 bits per heavy atom. The maximum atomic E-state index is 10.6. The van der Waals surface area contributed by atoms with Gasteiger partial charge in [-0.15, -0.1) is 0 Å². The first-order valence-corrected chi connectivity index (χ1v) is 7.44. The molecular weight excluding hydrogens is 250 g/mol. The normalized spacial score (nSPS) is 18.5. The summed E-state index contributed by atoms with van der Waals surface area (Å²) in [4.78, 5) is 5.78. The Kier molecular flexibility index (Phi) is 4.05. The zero-order valence-electron chi connectivity index (χ0n) is 12.0. The van der Waals surface area contributed by atoms with Crippen molar-refractivity contribution in [2.75, 3.05) is 32.7 Å². The molecule has 4 heteroatoms. The van der Waals surface area contributed by atoms with Crippen molar-refractivity contribution in [2.45, 2.75) is 19.4 Å². The number of rotatable bonds is 4. The molecule has 0 saturated carbocycles. The van der Waals surface area contributed by atoms with Crippen molar-refractivity contribution < 1.29 is 5.11 Å². The molecule has 0 aliphatic carbocycles. The summed E-state index contributed by atoms with van der Waals surface area (Å²) in [5.74, 6) is 0. The second-order valence-electron chi connectivity index (χ2n) is 5.61. The highest BCUT2D eigenvalue weighted by Crippen LogP contribution is 2.29. The Morgan fingerprint density at radius 2 is 2.00 bits per heavy atom. The molecule has 1 aliphatic heterocycles. The Balaban J connectivity index is 1.71. The molecule has 1 aromatic heterocycles. The standard InChI is InChI=1S/C16H23N3O/c1-12-16(13-4-2-3-5-14(13)18-12)15(20)6-9-19-10-7-17-8-11-19/h2-5,15,17-18,20H,6-11H2,1H3. The number of nitrogens with zero attached hydrogens (tertiary/aromatic N) is 1. The number of aryl methyl sites for hydroxylation is 1. The van der Waals surface area contributed by atoms with Crippen molar-refractivity contribution in [1.29, 1.82) is 0 Å². The quantitative estimate of drug-likeness (QED) is 0.796. The van der Waals surface area contributed by atoms with Gasteiger partial charge in [0.1, 0.15) is 0 Å². The number of aromatic nitrogens is 1. The predicted octanol–water partition coefficient (Wildman–Crippen LogP) is 1.81. The third-order valence-corrected chi connectivity index (χ3v) is 4.21. The minimum atomic E-state index is -0.388. The maximum absolute atomic E-state index is 10.6. The number of para-hydroxylation sites is 1. The minimum absolute atomic E-state index is 0.388. The van der Waals surface area contributed by atoms with Gasteiger partial charge in [0, 0.05) is 54.9 Å². The summed E-state index contributed by atoms with van der Waals surface area (Å²) >= 11 is 0. The third kappa shape index (κ3) is 2.73. The van der Waals surface area contributed by atoms with E-state index in [2.05, 4.69) is 27.3 Å². The average molecular weight is 273 g/mol. The molecule has 0 bridgehead atoms. The molecule has 1 fully saturated rings. The van der Waals surface area contributed by atoms with Crippen LogP contribution in [0.4, 0.5) is 0 Å². The molecule has 4 nitrogen and oxygen atoms in total. The Labute approximate surface area is 119 Å². The number of aromatic amines is 1. The van der Waals surface area contributed by atoms with E-state index in [1.165, 1.54) is 0 Å². The first kappa shape index (κ1) is 13.6. The van der Waals surface area contributed by atoms with Crippen molar-refractivity contribution in [3.63, 3.8) is 0 Å². The molecular formula is C16H23N3O. The largest absolute Gasteiger partial charge is 0.388 e.